The molecular formula is C18H20N2O6. The minimum atomic E-state index is -0.544. The Morgan fingerprint density at radius 1 is 0.885 bits per heavy atom. The third-order valence-electron chi connectivity index (χ3n) is 3.36. The summed E-state index contributed by atoms with van der Waals surface area (Å²) in [6.45, 7) is -0.237. The van der Waals surface area contributed by atoms with Gasteiger partial charge in [0.05, 0.1) is 21.3 Å². The summed E-state index contributed by atoms with van der Waals surface area (Å²) < 4.78 is 20.9. The van der Waals surface area contributed by atoms with Crippen molar-refractivity contribution >= 4 is 11.8 Å². The smallest absolute Gasteiger partial charge is 0.276 e. The van der Waals surface area contributed by atoms with E-state index in [4.69, 9.17) is 18.9 Å². The summed E-state index contributed by atoms with van der Waals surface area (Å²) in [6, 6.07) is 11.8. The number of carbonyl (C=O) groups excluding carboxylic acids is 2. The second-order valence-electron chi connectivity index (χ2n) is 5.02. The summed E-state index contributed by atoms with van der Waals surface area (Å²) in [4.78, 5) is 24.0. The monoisotopic (exact) mass is 360 g/mol. The Labute approximate surface area is 151 Å². The van der Waals surface area contributed by atoms with Crippen LogP contribution in [0.1, 0.15) is 10.4 Å². The first-order chi connectivity index (χ1) is 12.6. The van der Waals surface area contributed by atoms with E-state index in [1.54, 1.807) is 24.3 Å². The predicted octanol–water partition coefficient (Wildman–Crippen LogP) is 1.55. The number of hydrogen-bond donors (Lipinski definition) is 2. The van der Waals surface area contributed by atoms with Crippen molar-refractivity contribution in [2.75, 3.05) is 27.9 Å². The maximum atomic E-state index is 12.2. The van der Waals surface area contributed by atoms with Crippen LogP contribution in [-0.4, -0.2) is 39.8 Å². The van der Waals surface area contributed by atoms with Gasteiger partial charge in [0.15, 0.2) is 18.1 Å². The average molecular weight is 360 g/mol. The third-order valence-corrected chi connectivity index (χ3v) is 3.36. The van der Waals surface area contributed by atoms with Crippen LogP contribution in [0.2, 0.25) is 0 Å². The molecule has 0 bridgehead atoms. The molecular weight excluding hydrogens is 340 g/mol. The van der Waals surface area contributed by atoms with Crippen molar-refractivity contribution in [1.82, 2.24) is 10.9 Å². The van der Waals surface area contributed by atoms with Gasteiger partial charge in [0.1, 0.15) is 5.75 Å². The van der Waals surface area contributed by atoms with E-state index in [1.165, 1.54) is 33.5 Å². The summed E-state index contributed by atoms with van der Waals surface area (Å²) in [6.07, 6.45) is 0. The van der Waals surface area contributed by atoms with Crippen molar-refractivity contribution in [3.05, 3.63) is 48.0 Å². The van der Waals surface area contributed by atoms with Gasteiger partial charge in [0.25, 0.3) is 11.8 Å². The number of rotatable bonds is 7. The lowest BCUT2D eigenvalue weighted by atomic mass is 10.1. The Morgan fingerprint density at radius 3 is 2.04 bits per heavy atom. The van der Waals surface area contributed by atoms with E-state index in [0.29, 0.717) is 23.0 Å². The summed E-state index contributed by atoms with van der Waals surface area (Å²) in [5.41, 5.74) is 4.81. The first kappa shape index (κ1) is 18.9. The summed E-state index contributed by atoms with van der Waals surface area (Å²) in [5.74, 6) is 0.531. The molecule has 0 spiro atoms. The Morgan fingerprint density at radius 2 is 1.50 bits per heavy atom. The standard InChI is InChI=1S/C18H20N2O6/c1-23-14-9-12(10-15(24-2)17(14)25-3)18(22)20-19-16(21)11-26-13-7-5-4-6-8-13/h4-10H,11H2,1-3H3,(H,19,21)(H,20,22). The van der Waals surface area contributed by atoms with Crippen molar-refractivity contribution in [2.24, 2.45) is 0 Å². The highest BCUT2D eigenvalue weighted by atomic mass is 16.5. The van der Waals surface area contributed by atoms with E-state index in [1.807, 2.05) is 6.07 Å². The van der Waals surface area contributed by atoms with Crippen LogP contribution in [0.25, 0.3) is 0 Å². The highest BCUT2D eigenvalue weighted by Gasteiger charge is 2.17. The van der Waals surface area contributed by atoms with E-state index >= 15 is 0 Å². The lowest BCUT2D eigenvalue weighted by molar-refractivity contribution is -0.123. The summed E-state index contributed by atoms with van der Waals surface area (Å²) >= 11 is 0. The predicted molar refractivity (Wildman–Crippen MR) is 93.6 cm³/mol. The molecule has 2 aromatic carbocycles. The lowest BCUT2D eigenvalue weighted by Crippen LogP contribution is -2.43. The molecule has 8 nitrogen and oxygen atoms in total. The second kappa shape index (κ2) is 9.16. The van der Waals surface area contributed by atoms with Gasteiger partial charge in [-0.1, -0.05) is 18.2 Å². The van der Waals surface area contributed by atoms with Crippen molar-refractivity contribution in [3.8, 4) is 23.0 Å². The molecule has 0 atom stereocenters. The van der Waals surface area contributed by atoms with Gasteiger partial charge in [-0.05, 0) is 24.3 Å². The average Bonchev–Trinajstić information content (AvgIpc) is 2.69. The SMILES string of the molecule is COc1cc(C(=O)NNC(=O)COc2ccccc2)cc(OC)c1OC. The van der Waals surface area contributed by atoms with Gasteiger partial charge >= 0.3 is 0 Å². The van der Waals surface area contributed by atoms with Crippen LogP contribution in [-0.2, 0) is 4.79 Å². The maximum absolute atomic E-state index is 12.2. The van der Waals surface area contributed by atoms with Crippen LogP contribution in [0.3, 0.4) is 0 Å². The van der Waals surface area contributed by atoms with Crippen LogP contribution in [0.15, 0.2) is 42.5 Å². The molecule has 26 heavy (non-hydrogen) atoms. The molecule has 2 amide bonds. The minimum absolute atomic E-state index is 0.226. The molecule has 0 aromatic heterocycles. The van der Waals surface area contributed by atoms with E-state index in [0.717, 1.165) is 0 Å². The number of carbonyl (C=O) groups is 2. The largest absolute Gasteiger partial charge is 0.493 e. The van der Waals surface area contributed by atoms with Gasteiger partial charge in [-0.3, -0.25) is 20.4 Å². The Bertz CT molecular complexity index is 739. The quantitative estimate of drug-likeness (QED) is 0.728. The zero-order chi connectivity index (χ0) is 18.9. The molecule has 0 fully saturated rings. The molecule has 8 heteroatoms. The Kier molecular flexibility index (Phi) is 6.67. The highest BCUT2D eigenvalue weighted by molar-refractivity contribution is 5.96. The first-order valence-electron chi connectivity index (χ1n) is 7.66. The Hall–Kier alpha value is -3.42. The normalized spacial score (nSPS) is 9.81. The summed E-state index contributed by atoms with van der Waals surface area (Å²) in [7, 11) is 4.36. The van der Waals surface area contributed by atoms with Gasteiger partial charge in [0, 0.05) is 5.56 Å². The van der Waals surface area contributed by atoms with Crippen molar-refractivity contribution in [3.63, 3.8) is 0 Å². The molecule has 0 aliphatic rings. The molecule has 0 aliphatic carbocycles. The lowest BCUT2D eigenvalue weighted by Gasteiger charge is -2.14. The molecule has 0 unspecified atom stereocenters. The van der Waals surface area contributed by atoms with Crippen LogP contribution >= 0.6 is 0 Å². The zero-order valence-corrected chi connectivity index (χ0v) is 14.7. The number of ether oxygens (including phenoxy) is 4. The molecule has 138 valence electrons. The molecule has 2 aromatic rings. The number of amides is 2. The van der Waals surface area contributed by atoms with Crippen molar-refractivity contribution < 1.29 is 28.5 Å². The maximum Gasteiger partial charge on any atom is 0.276 e. The fraction of sp³-hybridized carbons (Fsp3) is 0.222. The van der Waals surface area contributed by atoms with Crippen LogP contribution < -0.4 is 29.8 Å². The second-order valence-corrected chi connectivity index (χ2v) is 5.02. The third kappa shape index (κ3) is 4.79. The fourth-order valence-corrected chi connectivity index (χ4v) is 2.11. The number of methoxy groups -OCH3 is 3. The number of benzene rings is 2. The number of hydrogen-bond acceptors (Lipinski definition) is 6. The van der Waals surface area contributed by atoms with E-state index < -0.39 is 11.8 Å². The van der Waals surface area contributed by atoms with Crippen LogP contribution in [0.5, 0.6) is 23.0 Å². The van der Waals surface area contributed by atoms with Gasteiger partial charge < -0.3 is 18.9 Å². The number of nitrogens with one attached hydrogen (secondary N) is 2. The molecule has 2 rings (SSSR count). The van der Waals surface area contributed by atoms with E-state index in [-0.39, 0.29) is 12.2 Å². The van der Waals surface area contributed by atoms with Crippen LogP contribution in [0.4, 0.5) is 0 Å². The van der Waals surface area contributed by atoms with Gasteiger partial charge in [-0.2, -0.15) is 0 Å². The summed E-state index contributed by atoms with van der Waals surface area (Å²) in [5, 5.41) is 0. The van der Waals surface area contributed by atoms with Crippen molar-refractivity contribution in [1.29, 1.82) is 0 Å². The molecule has 0 aliphatic heterocycles. The molecule has 2 N–H and O–H groups in total. The van der Waals surface area contributed by atoms with Gasteiger partial charge in [-0.25, -0.2) is 0 Å². The fourth-order valence-electron chi connectivity index (χ4n) is 2.11. The number of hydrazine groups is 1. The van der Waals surface area contributed by atoms with Crippen LogP contribution in [0, 0.1) is 0 Å². The van der Waals surface area contributed by atoms with Crippen molar-refractivity contribution in [2.45, 2.75) is 0 Å². The highest BCUT2D eigenvalue weighted by Crippen LogP contribution is 2.38. The Balaban J connectivity index is 1.95. The molecule has 0 radical (unpaired) electrons. The van der Waals surface area contributed by atoms with E-state index in [9.17, 15) is 9.59 Å². The van der Waals surface area contributed by atoms with Gasteiger partial charge in [0.2, 0.25) is 5.75 Å². The van der Waals surface area contributed by atoms with Gasteiger partial charge in [-0.15, -0.1) is 0 Å². The molecule has 0 saturated heterocycles. The number of para-hydroxylation sites is 1. The zero-order valence-electron chi connectivity index (χ0n) is 14.7. The van der Waals surface area contributed by atoms with E-state index in [2.05, 4.69) is 10.9 Å². The molecule has 0 heterocycles. The minimum Gasteiger partial charge on any atom is -0.493 e. The first-order valence-corrected chi connectivity index (χ1v) is 7.66. The topological polar surface area (TPSA) is 95.1 Å². The molecule has 0 saturated carbocycles.